The maximum atomic E-state index is 12.9. The maximum absolute atomic E-state index is 12.9. The van der Waals surface area contributed by atoms with Gasteiger partial charge in [-0.2, -0.15) is 4.31 Å². The van der Waals surface area contributed by atoms with Crippen molar-refractivity contribution in [2.75, 3.05) is 13.6 Å². The third-order valence-corrected chi connectivity index (χ3v) is 7.25. The van der Waals surface area contributed by atoms with Crippen LogP contribution < -0.4 is 0 Å². The van der Waals surface area contributed by atoms with Crippen molar-refractivity contribution >= 4 is 27.3 Å². The van der Waals surface area contributed by atoms with Crippen LogP contribution in [0.3, 0.4) is 0 Å². The van der Waals surface area contributed by atoms with Gasteiger partial charge in [-0.25, -0.2) is 13.4 Å². The summed E-state index contributed by atoms with van der Waals surface area (Å²) in [6, 6.07) is 6.62. The van der Waals surface area contributed by atoms with E-state index in [9.17, 15) is 13.2 Å². The van der Waals surface area contributed by atoms with Gasteiger partial charge in [0, 0.05) is 37.8 Å². The molecule has 0 unspecified atom stereocenters. The van der Waals surface area contributed by atoms with Crippen molar-refractivity contribution < 1.29 is 17.7 Å². The summed E-state index contributed by atoms with van der Waals surface area (Å²) in [4.78, 5) is 18.5. The highest BCUT2D eigenvalue weighted by atomic mass is 32.2. The number of carbonyl (C=O) groups is 1. The van der Waals surface area contributed by atoms with Crippen molar-refractivity contribution in [2.24, 2.45) is 0 Å². The molecule has 28 heavy (non-hydrogen) atoms. The predicted octanol–water partition coefficient (Wildman–Crippen LogP) is 2.15. The van der Waals surface area contributed by atoms with Crippen LogP contribution in [0.15, 0.2) is 51.5 Å². The van der Waals surface area contributed by atoms with E-state index < -0.39 is 10.0 Å². The van der Waals surface area contributed by atoms with Crippen LogP contribution in [0.1, 0.15) is 26.6 Å². The lowest BCUT2D eigenvalue weighted by atomic mass is 9.99. The zero-order valence-electron chi connectivity index (χ0n) is 15.1. The number of fused-ring (bicyclic) bond motifs is 1. The van der Waals surface area contributed by atoms with Crippen LogP contribution in [0.2, 0.25) is 0 Å². The number of amides is 1. The number of benzene rings is 1. The summed E-state index contributed by atoms with van der Waals surface area (Å²) in [5, 5.41) is 6.25. The van der Waals surface area contributed by atoms with Gasteiger partial charge in [0.25, 0.3) is 5.91 Å². The summed E-state index contributed by atoms with van der Waals surface area (Å²) >= 11 is 1.42. The molecule has 0 radical (unpaired) electrons. The molecule has 0 fully saturated rings. The van der Waals surface area contributed by atoms with E-state index in [4.69, 9.17) is 4.52 Å². The number of sulfonamides is 1. The van der Waals surface area contributed by atoms with Crippen molar-refractivity contribution in [3.05, 3.63) is 63.9 Å². The van der Waals surface area contributed by atoms with Crippen LogP contribution in [0, 0.1) is 0 Å². The molecule has 1 aliphatic heterocycles. The number of hydrogen-bond acceptors (Lipinski definition) is 7. The van der Waals surface area contributed by atoms with Crippen molar-refractivity contribution in [3.63, 3.8) is 0 Å². The highest BCUT2D eigenvalue weighted by Crippen LogP contribution is 2.25. The van der Waals surface area contributed by atoms with E-state index in [2.05, 4.69) is 10.1 Å². The van der Waals surface area contributed by atoms with Gasteiger partial charge >= 0.3 is 0 Å². The molecule has 0 spiro atoms. The number of thiazole rings is 1. The minimum atomic E-state index is -3.62. The zero-order chi connectivity index (χ0) is 19.7. The highest BCUT2D eigenvalue weighted by molar-refractivity contribution is 7.89. The molecule has 0 saturated carbocycles. The summed E-state index contributed by atoms with van der Waals surface area (Å²) in [5.74, 6) is -0.195. The van der Waals surface area contributed by atoms with E-state index in [1.165, 1.54) is 28.0 Å². The Morgan fingerprint density at radius 3 is 2.89 bits per heavy atom. The molecule has 1 aliphatic rings. The average molecular weight is 419 g/mol. The molecule has 3 aromatic rings. The Kier molecular flexibility index (Phi) is 5.00. The Morgan fingerprint density at radius 1 is 1.32 bits per heavy atom. The van der Waals surface area contributed by atoms with E-state index in [-0.39, 0.29) is 23.0 Å². The number of aromatic nitrogens is 2. The minimum absolute atomic E-state index is 0.195. The molecule has 4 rings (SSSR count). The molecule has 0 atom stereocenters. The van der Waals surface area contributed by atoms with Gasteiger partial charge in [0.2, 0.25) is 10.0 Å². The van der Waals surface area contributed by atoms with Crippen LogP contribution in [0.25, 0.3) is 0 Å². The normalized spacial score (nSPS) is 14.3. The van der Waals surface area contributed by atoms with Crippen LogP contribution in [-0.4, -0.2) is 47.3 Å². The Morgan fingerprint density at radius 2 is 2.18 bits per heavy atom. The minimum Gasteiger partial charge on any atom is -0.364 e. The predicted molar refractivity (Wildman–Crippen MR) is 102 cm³/mol. The SMILES string of the molecule is CN(Cc1nccs1)S(=O)(=O)c1ccc2c(c1)CCN(C(=O)c1ccon1)C2. The molecular formula is C18H18N4O4S2. The van der Waals surface area contributed by atoms with Gasteiger partial charge in [-0.1, -0.05) is 11.2 Å². The van der Waals surface area contributed by atoms with Gasteiger partial charge in [-0.05, 0) is 29.7 Å². The molecular weight excluding hydrogens is 400 g/mol. The first kappa shape index (κ1) is 18.8. The first-order chi connectivity index (χ1) is 13.4. The van der Waals surface area contributed by atoms with Crippen molar-refractivity contribution in [2.45, 2.75) is 24.4 Å². The topological polar surface area (TPSA) is 96.6 Å². The fourth-order valence-electron chi connectivity index (χ4n) is 3.13. The summed E-state index contributed by atoms with van der Waals surface area (Å²) in [6.07, 6.45) is 3.61. The van der Waals surface area contributed by atoms with E-state index in [0.29, 0.717) is 19.5 Å². The lowest BCUT2D eigenvalue weighted by Gasteiger charge is -2.28. The molecule has 0 saturated heterocycles. The molecule has 10 heteroatoms. The highest BCUT2D eigenvalue weighted by Gasteiger charge is 2.27. The maximum Gasteiger partial charge on any atom is 0.276 e. The second-order valence-electron chi connectivity index (χ2n) is 6.48. The lowest BCUT2D eigenvalue weighted by molar-refractivity contribution is 0.0724. The second-order valence-corrected chi connectivity index (χ2v) is 9.50. The molecule has 0 aliphatic carbocycles. The fourth-order valence-corrected chi connectivity index (χ4v) is 5.07. The molecule has 0 bridgehead atoms. The number of rotatable bonds is 5. The summed E-state index contributed by atoms with van der Waals surface area (Å²) in [7, 11) is -2.07. The van der Waals surface area contributed by atoms with E-state index >= 15 is 0 Å². The van der Waals surface area contributed by atoms with Gasteiger partial charge < -0.3 is 9.42 Å². The van der Waals surface area contributed by atoms with Crippen LogP contribution >= 0.6 is 11.3 Å². The number of hydrogen-bond donors (Lipinski definition) is 0. The van der Waals surface area contributed by atoms with E-state index in [0.717, 1.165) is 16.1 Å². The molecule has 146 valence electrons. The Balaban J connectivity index is 1.52. The van der Waals surface area contributed by atoms with Crippen molar-refractivity contribution in [1.29, 1.82) is 0 Å². The summed E-state index contributed by atoms with van der Waals surface area (Å²) < 4.78 is 31.8. The second kappa shape index (κ2) is 7.46. The fraction of sp³-hybridized carbons (Fsp3) is 0.278. The van der Waals surface area contributed by atoms with E-state index in [1.807, 2.05) is 5.38 Å². The van der Waals surface area contributed by atoms with Gasteiger partial charge in [-0.15, -0.1) is 11.3 Å². The average Bonchev–Trinajstić information content (AvgIpc) is 3.40. The molecule has 8 nitrogen and oxygen atoms in total. The van der Waals surface area contributed by atoms with Gasteiger partial charge in [0.15, 0.2) is 5.69 Å². The smallest absolute Gasteiger partial charge is 0.276 e. The quantitative estimate of drug-likeness (QED) is 0.630. The van der Waals surface area contributed by atoms with Crippen molar-refractivity contribution in [1.82, 2.24) is 19.3 Å². The van der Waals surface area contributed by atoms with E-state index in [1.54, 1.807) is 36.3 Å². The van der Waals surface area contributed by atoms with Crippen molar-refractivity contribution in [3.8, 4) is 0 Å². The monoisotopic (exact) mass is 418 g/mol. The summed E-state index contributed by atoms with van der Waals surface area (Å²) in [5.41, 5.74) is 2.14. The zero-order valence-corrected chi connectivity index (χ0v) is 16.7. The Labute approximate surface area is 166 Å². The molecule has 1 amide bonds. The van der Waals surface area contributed by atoms with Gasteiger partial charge in [0.1, 0.15) is 11.3 Å². The first-order valence-corrected chi connectivity index (χ1v) is 10.9. The third-order valence-electron chi connectivity index (χ3n) is 4.68. The molecule has 2 aromatic heterocycles. The van der Waals surface area contributed by atoms with Gasteiger partial charge in [0.05, 0.1) is 11.4 Å². The van der Waals surface area contributed by atoms with Crippen LogP contribution in [0.4, 0.5) is 0 Å². The largest absolute Gasteiger partial charge is 0.364 e. The molecule has 3 heterocycles. The first-order valence-electron chi connectivity index (χ1n) is 8.61. The Hall–Kier alpha value is -2.56. The molecule has 0 N–H and O–H groups in total. The van der Waals surface area contributed by atoms with Crippen LogP contribution in [0.5, 0.6) is 0 Å². The van der Waals surface area contributed by atoms with Crippen LogP contribution in [-0.2, 0) is 29.5 Å². The lowest BCUT2D eigenvalue weighted by Crippen LogP contribution is -2.36. The Bertz CT molecular complexity index is 1080. The standard InChI is InChI=1S/C18H18N4O4S2/c1-21(12-17-19-6-9-27-17)28(24,25)15-3-2-14-11-22(7-4-13(14)10-15)18(23)16-5-8-26-20-16/h2-3,5-6,8-10H,4,7,11-12H2,1H3. The van der Waals surface area contributed by atoms with Gasteiger partial charge in [-0.3, -0.25) is 4.79 Å². The molecule has 1 aromatic carbocycles. The summed E-state index contributed by atoms with van der Waals surface area (Å²) in [6.45, 7) is 1.14. The third kappa shape index (κ3) is 3.58. The number of nitrogens with zero attached hydrogens (tertiary/aromatic N) is 4. The number of carbonyl (C=O) groups excluding carboxylic acids is 1.